The number of aliphatic carboxylic acids is 1. The molecule has 2 aromatic carbocycles. The molecule has 0 heterocycles. The average molecular weight is 346 g/mol. The van der Waals surface area contributed by atoms with Crippen molar-refractivity contribution in [1.82, 2.24) is 5.43 Å². The number of hydrazone groups is 1. The van der Waals surface area contributed by atoms with Crippen LogP contribution in [-0.4, -0.2) is 36.4 Å². The molecule has 25 heavy (non-hydrogen) atoms. The maximum Gasteiger partial charge on any atom is 0.341 e. The number of rotatable bonds is 8. The van der Waals surface area contributed by atoms with E-state index in [9.17, 15) is 14.0 Å². The van der Waals surface area contributed by atoms with Gasteiger partial charge in [-0.2, -0.15) is 5.10 Å². The first-order chi connectivity index (χ1) is 12.1. The summed E-state index contributed by atoms with van der Waals surface area (Å²) in [6, 6.07) is 12.3. The summed E-state index contributed by atoms with van der Waals surface area (Å²) in [5, 5.41) is 12.4. The SMILES string of the molecule is O=C(O)COc1ccccc1C=NNC(=O)COc1ccccc1F. The van der Waals surface area contributed by atoms with Crippen molar-refractivity contribution in [3.05, 3.63) is 59.9 Å². The van der Waals surface area contributed by atoms with E-state index >= 15 is 0 Å². The van der Waals surface area contributed by atoms with E-state index in [0.29, 0.717) is 11.3 Å². The number of carboxylic acids is 1. The number of hydrogen-bond donors (Lipinski definition) is 2. The molecular weight excluding hydrogens is 331 g/mol. The zero-order valence-corrected chi connectivity index (χ0v) is 13.0. The normalized spacial score (nSPS) is 10.4. The molecule has 0 aromatic heterocycles. The van der Waals surface area contributed by atoms with Gasteiger partial charge in [-0.1, -0.05) is 24.3 Å². The fourth-order valence-electron chi connectivity index (χ4n) is 1.77. The van der Waals surface area contributed by atoms with Crippen molar-refractivity contribution < 1.29 is 28.6 Å². The fourth-order valence-corrected chi connectivity index (χ4v) is 1.77. The van der Waals surface area contributed by atoms with Gasteiger partial charge >= 0.3 is 5.97 Å². The molecule has 0 spiro atoms. The van der Waals surface area contributed by atoms with Gasteiger partial charge in [0.2, 0.25) is 0 Å². The number of benzene rings is 2. The lowest BCUT2D eigenvalue weighted by molar-refractivity contribution is -0.139. The smallest absolute Gasteiger partial charge is 0.341 e. The van der Waals surface area contributed by atoms with Crippen molar-refractivity contribution in [1.29, 1.82) is 0 Å². The predicted octanol–water partition coefficient (Wildman–Crippen LogP) is 1.82. The third-order valence-corrected chi connectivity index (χ3v) is 2.86. The first kappa shape index (κ1) is 17.9. The van der Waals surface area contributed by atoms with Crippen LogP contribution in [0.3, 0.4) is 0 Å². The van der Waals surface area contributed by atoms with Gasteiger partial charge in [-0.3, -0.25) is 4.79 Å². The summed E-state index contributed by atoms with van der Waals surface area (Å²) in [4.78, 5) is 22.2. The Morgan fingerprint density at radius 1 is 1.04 bits per heavy atom. The molecule has 0 aliphatic heterocycles. The number of ether oxygens (including phenoxy) is 2. The second-order valence-electron chi connectivity index (χ2n) is 4.73. The number of nitrogens with one attached hydrogen (secondary N) is 1. The van der Waals surface area contributed by atoms with E-state index in [1.54, 1.807) is 30.3 Å². The lowest BCUT2D eigenvalue weighted by Gasteiger charge is -2.07. The Hall–Kier alpha value is -3.42. The first-order valence-corrected chi connectivity index (χ1v) is 7.19. The molecule has 2 N–H and O–H groups in total. The minimum Gasteiger partial charge on any atom is -0.481 e. The molecule has 7 nitrogen and oxygen atoms in total. The highest BCUT2D eigenvalue weighted by Gasteiger charge is 2.06. The highest BCUT2D eigenvalue weighted by molar-refractivity contribution is 5.85. The second kappa shape index (κ2) is 9.02. The van der Waals surface area contributed by atoms with Crippen molar-refractivity contribution in [3.63, 3.8) is 0 Å². The standard InChI is InChI=1S/C17H15FN2O5/c18-13-6-2-4-8-15(13)24-10-16(21)20-19-9-12-5-1-3-7-14(12)25-11-17(22)23/h1-9H,10-11H2,(H,20,21)(H,22,23). The molecule has 0 unspecified atom stereocenters. The van der Waals surface area contributed by atoms with Crippen LogP contribution < -0.4 is 14.9 Å². The Morgan fingerprint density at radius 2 is 1.68 bits per heavy atom. The minimum absolute atomic E-state index is 0.0333. The molecule has 130 valence electrons. The maximum atomic E-state index is 13.3. The van der Waals surface area contributed by atoms with E-state index in [1.807, 2.05) is 0 Å². The molecule has 1 amide bonds. The van der Waals surface area contributed by atoms with Crippen molar-refractivity contribution in [2.75, 3.05) is 13.2 Å². The zero-order chi connectivity index (χ0) is 18.1. The fraction of sp³-hybridized carbons (Fsp3) is 0.118. The Kier molecular flexibility index (Phi) is 6.47. The minimum atomic E-state index is -1.11. The van der Waals surface area contributed by atoms with Crippen LogP contribution in [0.25, 0.3) is 0 Å². The summed E-state index contributed by atoms with van der Waals surface area (Å²) < 4.78 is 23.5. The Morgan fingerprint density at radius 3 is 2.40 bits per heavy atom. The number of hydrogen-bond acceptors (Lipinski definition) is 5. The van der Waals surface area contributed by atoms with Crippen molar-refractivity contribution in [2.24, 2.45) is 5.10 Å². The van der Waals surface area contributed by atoms with Gasteiger partial charge in [-0.25, -0.2) is 14.6 Å². The van der Waals surface area contributed by atoms with Gasteiger partial charge in [0.15, 0.2) is 24.8 Å². The number of carbonyl (C=O) groups excluding carboxylic acids is 1. The number of halogens is 1. The number of para-hydroxylation sites is 2. The molecule has 2 aromatic rings. The van der Waals surface area contributed by atoms with Crippen LogP contribution in [-0.2, 0) is 9.59 Å². The van der Waals surface area contributed by atoms with Gasteiger partial charge in [0.05, 0.1) is 6.21 Å². The summed E-state index contributed by atoms with van der Waals surface area (Å²) in [7, 11) is 0. The number of carboxylic acid groups (broad SMARTS) is 1. The number of amides is 1. The van der Waals surface area contributed by atoms with E-state index in [4.69, 9.17) is 14.6 Å². The Balaban J connectivity index is 1.87. The van der Waals surface area contributed by atoms with Crippen LogP contribution in [0.2, 0.25) is 0 Å². The van der Waals surface area contributed by atoms with Gasteiger partial charge in [-0.05, 0) is 24.3 Å². The molecule has 0 saturated carbocycles. The molecule has 0 atom stereocenters. The van der Waals surface area contributed by atoms with E-state index in [-0.39, 0.29) is 5.75 Å². The lowest BCUT2D eigenvalue weighted by atomic mass is 10.2. The van der Waals surface area contributed by atoms with Gasteiger partial charge in [0, 0.05) is 5.56 Å². The number of nitrogens with zero attached hydrogens (tertiary/aromatic N) is 1. The van der Waals surface area contributed by atoms with Crippen LogP contribution in [0.5, 0.6) is 11.5 Å². The Labute approximate surface area is 142 Å². The average Bonchev–Trinajstić information content (AvgIpc) is 2.60. The maximum absolute atomic E-state index is 13.3. The third kappa shape index (κ3) is 5.94. The van der Waals surface area contributed by atoms with Crippen LogP contribution in [0.1, 0.15) is 5.56 Å². The highest BCUT2D eigenvalue weighted by atomic mass is 19.1. The van der Waals surface area contributed by atoms with Gasteiger partial charge in [0.25, 0.3) is 5.91 Å². The van der Waals surface area contributed by atoms with Crippen LogP contribution >= 0.6 is 0 Å². The highest BCUT2D eigenvalue weighted by Crippen LogP contribution is 2.16. The van der Waals surface area contributed by atoms with Gasteiger partial charge < -0.3 is 14.6 Å². The quantitative estimate of drug-likeness (QED) is 0.561. The molecule has 0 radical (unpaired) electrons. The van der Waals surface area contributed by atoms with Crippen molar-refractivity contribution >= 4 is 18.1 Å². The summed E-state index contributed by atoms with van der Waals surface area (Å²) in [6.07, 6.45) is 1.30. The Bertz CT molecular complexity index is 779. The monoisotopic (exact) mass is 346 g/mol. The summed E-state index contributed by atoms with van der Waals surface area (Å²) in [5.74, 6) is -1.98. The molecule has 0 fully saturated rings. The lowest BCUT2D eigenvalue weighted by Crippen LogP contribution is -2.24. The van der Waals surface area contributed by atoms with E-state index < -0.39 is 30.9 Å². The zero-order valence-electron chi connectivity index (χ0n) is 13.0. The molecule has 0 bridgehead atoms. The summed E-state index contributed by atoms with van der Waals surface area (Å²) >= 11 is 0. The van der Waals surface area contributed by atoms with E-state index in [1.165, 1.54) is 24.4 Å². The summed E-state index contributed by atoms with van der Waals surface area (Å²) in [6.45, 7) is -0.900. The van der Waals surface area contributed by atoms with E-state index in [0.717, 1.165) is 0 Å². The largest absolute Gasteiger partial charge is 0.481 e. The number of carbonyl (C=O) groups is 2. The first-order valence-electron chi connectivity index (χ1n) is 7.19. The van der Waals surface area contributed by atoms with Gasteiger partial charge in [-0.15, -0.1) is 0 Å². The molecule has 0 aliphatic rings. The van der Waals surface area contributed by atoms with Crippen LogP contribution in [0, 0.1) is 5.82 Å². The second-order valence-corrected chi connectivity index (χ2v) is 4.73. The molecule has 8 heteroatoms. The predicted molar refractivity (Wildman–Crippen MR) is 87.2 cm³/mol. The van der Waals surface area contributed by atoms with Crippen molar-refractivity contribution in [3.8, 4) is 11.5 Å². The molecule has 0 aliphatic carbocycles. The van der Waals surface area contributed by atoms with Crippen LogP contribution in [0.4, 0.5) is 4.39 Å². The molecule has 0 saturated heterocycles. The molecular formula is C17H15FN2O5. The third-order valence-electron chi connectivity index (χ3n) is 2.86. The van der Waals surface area contributed by atoms with Gasteiger partial charge in [0.1, 0.15) is 5.75 Å². The van der Waals surface area contributed by atoms with Crippen LogP contribution in [0.15, 0.2) is 53.6 Å². The molecule has 2 rings (SSSR count). The van der Waals surface area contributed by atoms with E-state index in [2.05, 4.69) is 10.5 Å². The van der Waals surface area contributed by atoms with Crippen molar-refractivity contribution in [2.45, 2.75) is 0 Å². The topological polar surface area (TPSA) is 97.2 Å². The summed E-state index contributed by atoms with van der Waals surface area (Å²) in [5.41, 5.74) is 2.71.